The van der Waals surface area contributed by atoms with Gasteiger partial charge in [-0.05, 0) is 33.1 Å². The van der Waals surface area contributed by atoms with Crippen LogP contribution in [0.25, 0.3) is 0 Å². The van der Waals surface area contributed by atoms with Crippen molar-refractivity contribution in [1.82, 2.24) is 4.98 Å². The van der Waals surface area contributed by atoms with Crippen LogP contribution in [0.4, 0.5) is 0 Å². The Labute approximate surface area is 84.4 Å². The molecule has 3 N–H and O–H groups in total. The Hall–Kier alpha value is 0.0969. The molecule has 0 saturated carbocycles. The molecule has 80 valence electrons. The lowest BCUT2D eigenvalue weighted by Crippen LogP contribution is -2.42. The van der Waals surface area contributed by atoms with Crippen LogP contribution in [0.2, 0.25) is 0 Å². The van der Waals surface area contributed by atoms with Gasteiger partial charge in [-0.25, -0.2) is 0 Å². The van der Waals surface area contributed by atoms with Crippen molar-refractivity contribution in [3.05, 3.63) is 0 Å². The molecule has 13 heavy (non-hydrogen) atoms. The molecule has 0 rings (SSSR count). The van der Waals surface area contributed by atoms with Crippen molar-refractivity contribution < 1.29 is 4.43 Å². The molecule has 0 aromatic rings. The highest BCUT2D eigenvalue weighted by Crippen LogP contribution is 2.18. The van der Waals surface area contributed by atoms with E-state index in [1.54, 1.807) is 0 Å². The van der Waals surface area contributed by atoms with Gasteiger partial charge in [0.05, 0.1) is 5.60 Å². The Bertz CT molecular complexity index is 138. The van der Waals surface area contributed by atoms with Gasteiger partial charge in [0.25, 0.3) is 0 Å². The molecule has 1 unspecified atom stereocenters. The van der Waals surface area contributed by atoms with Gasteiger partial charge in [0, 0.05) is 6.17 Å². The van der Waals surface area contributed by atoms with Crippen molar-refractivity contribution >= 4 is 9.92 Å². The summed E-state index contributed by atoms with van der Waals surface area (Å²) in [6.45, 7) is 10.6. The highest BCUT2D eigenvalue weighted by molar-refractivity contribution is 6.23. The lowest BCUT2D eigenvalue weighted by Gasteiger charge is -2.28. The fraction of sp³-hybridized carbons (Fsp3) is 1.00. The summed E-state index contributed by atoms with van der Waals surface area (Å²) in [5.74, 6) is 0.680. The zero-order valence-electron chi connectivity index (χ0n) is 9.55. The fourth-order valence-corrected chi connectivity index (χ4v) is 2.27. The Morgan fingerprint density at radius 3 is 2.31 bits per heavy atom. The van der Waals surface area contributed by atoms with Crippen LogP contribution >= 0.6 is 0 Å². The predicted octanol–water partition coefficient (Wildman–Crippen LogP) is 0.721. The van der Waals surface area contributed by atoms with E-state index in [4.69, 9.17) is 10.2 Å². The summed E-state index contributed by atoms with van der Waals surface area (Å²) in [4.78, 5) is 3.17. The molecule has 1 atom stereocenters. The first-order valence-electron chi connectivity index (χ1n) is 4.96. The van der Waals surface area contributed by atoms with E-state index in [-0.39, 0.29) is 11.8 Å². The van der Waals surface area contributed by atoms with Gasteiger partial charge in [-0.2, -0.15) is 0 Å². The highest BCUT2D eigenvalue weighted by atomic mass is 28.2. The van der Waals surface area contributed by atoms with E-state index >= 15 is 0 Å². The third-order valence-corrected chi connectivity index (χ3v) is 3.50. The lowest BCUT2D eigenvalue weighted by atomic mass is 9.97. The second-order valence-electron chi connectivity index (χ2n) is 4.64. The van der Waals surface area contributed by atoms with Crippen LogP contribution in [0.1, 0.15) is 41.0 Å². The van der Waals surface area contributed by atoms with Crippen LogP contribution in [-0.4, -0.2) is 21.7 Å². The van der Waals surface area contributed by atoms with Crippen molar-refractivity contribution in [1.29, 1.82) is 0 Å². The quantitative estimate of drug-likeness (QED) is 0.495. The first kappa shape index (κ1) is 13.1. The summed E-state index contributed by atoms with van der Waals surface area (Å²) >= 11 is 0. The number of hydrogen-bond acceptors (Lipinski definition) is 3. The van der Waals surface area contributed by atoms with E-state index in [9.17, 15) is 0 Å². The predicted molar refractivity (Wildman–Crippen MR) is 59.9 cm³/mol. The Morgan fingerprint density at radius 1 is 1.38 bits per heavy atom. The number of nitrogens with two attached hydrogens (primary N) is 1. The first-order chi connectivity index (χ1) is 5.83. The van der Waals surface area contributed by atoms with Gasteiger partial charge in [0.2, 0.25) is 9.92 Å². The molecule has 0 aromatic heterocycles. The standard InChI is InChI=1S/C9H24N2OSi/c1-7(2)6-9(4,5)12-13-11-8(3)10/h7-8,11H,6,10,13H2,1-5H3. The maximum atomic E-state index is 5.80. The molecule has 0 heterocycles. The van der Waals surface area contributed by atoms with Crippen molar-refractivity contribution in [3.8, 4) is 0 Å². The zero-order valence-corrected chi connectivity index (χ0v) is 11.0. The summed E-state index contributed by atoms with van der Waals surface area (Å²) in [5, 5.41) is 0. The van der Waals surface area contributed by atoms with Crippen LogP contribution in [0, 0.1) is 5.92 Å². The molecule has 0 amide bonds. The molecule has 0 fully saturated rings. The molecule has 0 saturated heterocycles. The van der Waals surface area contributed by atoms with E-state index in [1.807, 2.05) is 6.92 Å². The van der Waals surface area contributed by atoms with E-state index in [1.165, 1.54) is 0 Å². The first-order valence-corrected chi connectivity index (χ1v) is 6.25. The topological polar surface area (TPSA) is 47.3 Å². The van der Waals surface area contributed by atoms with Crippen LogP contribution in [0.5, 0.6) is 0 Å². The molecule has 0 spiro atoms. The van der Waals surface area contributed by atoms with Gasteiger partial charge in [0.15, 0.2) is 0 Å². The van der Waals surface area contributed by atoms with Gasteiger partial charge in [-0.1, -0.05) is 13.8 Å². The molecular formula is C9H24N2OSi. The second kappa shape index (κ2) is 5.75. The van der Waals surface area contributed by atoms with Crippen LogP contribution < -0.4 is 10.7 Å². The molecule has 0 aliphatic carbocycles. The third kappa shape index (κ3) is 8.43. The maximum Gasteiger partial charge on any atom is 0.237 e. The molecule has 0 aliphatic heterocycles. The Balaban J connectivity index is 3.62. The summed E-state index contributed by atoms with van der Waals surface area (Å²) in [6, 6.07) is 0. The summed E-state index contributed by atoms with van der Waals surface area (Å²) < 4.78 is 5.80. The number of nitrogens with one attached hydrogen (secondary N) is 1. The van der Waals surface area contributed by atoms with Crippen LogP contribution in [0.3, 0.4) is 0 Å². The lowest BCUT2D eigenvalue weighted by molar-refractivity contribution is 0.0870. The van der Waals surface area contributed by atoms with E-state index < -0.39 is 9.92 Å². The molecule has 4 heteroatoms. The zero-order chi connectivity index (χ0) is 10.5. The van der Waals surface area contributed by atoms with Crippen molar-refractivity contribution in [2.75, 3.05) is 0 Å². The van der Waals surface area contributed by atoms with E-state index in [2.05, 4.69) is 32.7 Å². The van der Waals surface area contributed by atoms with Gasteiger partial charge in [-0.3, -0.25) is 0 Å². The number of rotatable bonds is 6. The van der Waals surface area contributed by atoms with E-state index in [0.717, 1.165) is 6.42 Å². The van der Waals surface area contributed by atoms with Gasteiger partial charge < -0.3 is 15.1 Å². The van der Waals surface area contributed by atoms with Gasteiger partial charge in [0.1, 0.15) is 0 Å². The second-order valence-corrected chi connectivity index (χ2v) is 5.62. The van der Waals surface area contributed by atoms with Crippen LogP contribution in [0.15, 0.2) is 0 Å². The monoisotopic (exact) mass is 204 g/mol. The highest BCUT2D eigenvalue weighted by Gasteiger charge is 2.19. The van der Waals surface area contributed by atoms with E-state index in [0.29, 0.717) is 5.92 Å². The van der Waals surface area contributed by atoms with Gasteiger partial charge >= 0.3 is 0 Å². The van der Waals surface area contributed by atoms with Crippen molar-refractivity contribution in [2.45, 2.75) is 52.8 Å². The average Bonchev–Trinajstić information content (AvgIpc) is 1.81. The molecular weight excluding hydrogens is 180 g/mol. The van der Waals surface area contributed by atoms with Crippen molar-refractivity contribution in [3.63, 3.8) is 0 Å². The number of hydrogen-bond donors (Lipinski definition) is 2. The minimum atomic E-state index is -0.658. The molecule has 0 aromatic carbocycles. The molecule has 0 bridgehead atoms. The average molecular weight is 204 g/mol. The SMILES string of the molecule is CC(C)CC(C)(C)O[SiH2]NC(C)N. The minimum absolute atomic E-state index is 0.00226. The summed E-state index contributed by atoms with van der Waals surface area (Å²) in [6.07, 6.45) is 1.15. The smallest absolute Gasteiger partial charge is 0.237 e. The third-order valence-electron chi connectivity index (χ3n) is 1.77. The summed E-state index contributed by atoms with van der Waals surface area (Å²) in [5.41, 5.74) is 5.57. The van der Waals surface area contributed by atoms with Crippen LogP contribution in [-0.2, 0) is 4.43 Å². The summed E-state index contributed by atoms with van der Waals surface area (Å²) in [7, 11) is -0.658. The largest absolute Gasteiger partial charge is 0.404 e. The molecule has 0 aliphatic rings. The molecule has 3 nitrogen and oxygen atoms in total. The Kier molecular flexibility index (Phi) is 5.79. The fourth-order valence-electron chi connectivity index (χ4n) is 1.41. The van der Waals surface area contributed by atoms with Gasteiger partial charge in [-0.15, -0.1) is 0 Å². The Morgan fingerprint density at radius 2 is 1.92 bits per heavy atom. The maximum absolute atomic E-state index is 5.80. The molecule has 0 radical (unpaired) electrons. The minimum Gasteiger partial charge on any atom is -0.404 e. The normalized spacial score (nSPS) is 15.9. The van der Waals surface area contributed by atoms with Crippen molar-refractivity contribution in [2.24, 2.45) is 11.7 Å².